The minimum atomic E-state index is -0.571. The molecule has 98 valence electrons. The van der Waals surface area contributed by atoms with Crippen LogP contribution < -0.4 is 10.5 Å². The number of rotatable bonds is 3. The third kappa shape index (κ3) is 3.12. The summed E-state index contributed by atoms with van der Waals surface area (Å²) in [7, 11) is 0. The zero-order chi connectivity index (χ0) is 14.0. The standard InChI is InChI=1S/C11H7BrClN3O3/c12-6-3-9(14)11(15-5-6)19-7-1-2-10(16(17)18)8(13)4-7/h1-5H,14H2. The monoisotopic (exact) mass is 343 g/mol. The van der Waals surface area contributed by atoms with Crippen molar-refractivity contribution in [3.8, 4) is 11.6 Å². The topological polar surface area (TPSA) is 91.3 Å². The molecule has 8 heteroatoms. The first-order valence-corrected chi connectivity index (χ1v) is 6.17. The second-order valence-corrected chi connectivity index (χ2v) is 4.84. The highest BCUT2D eigenvalue weighted by molar-refractivity contribution is 9.10. The summed E-state index contributed by atoms with van der Waals surface area (Å²) in [6.45, 7) is 0. The quantitative estimate of drug-likeness (QED) is 0.676. The van der Waals surface area contributed by atoms with Gasteiger partial charge in [-0.15, -0.1) is 0 Å². The number of nitrogens with two attached hydrogens (primary N) is 1. The summed E-state index contributed by atoms with van der Waals surface area (Å²) in [4.78, 5) is 14.0. The molecule has 0 bridgehead atoms. The summed E-state index contributed by atoms with van der Waals surface area (Å²) in [5.74, 6) is 0.519. The van der Waals surface area contributed by atoms with E-state index in [2.05, 4.69) is 20.9 Å². The van der Waals surface area contributed by atoms with Gasteiger partial charge in [-0.2, -0.15) is 0 Å². The second kappa shape index (κ2) is 5.41. The summed E-state index contributed by atoms with van der Waals surface area (Å²) in [6, 6.07) is 5.65. The average Bonchev–Trinajstić information content (AvgIpc) is 2.32. The maximum Gasteiger partial charge on any atom is 0.288 e. The van der Waals surface area contributed by atoms with Crippen LogP contribution in [-0.2, 0) is 0 Å². The third-order valence-electron chi connectivity index (χ3n) is 2.18. The molecule has 0 aliphatic carbocycles. The molecule has 2 rings (SSSR count). The van der Waals surface area contributed by atoms with E-state index < -0.39 is 4.92 Å². The van der Waals surface area contributed by atoms with Gasteiger partial charge in [-0.05, 0) is 28.1 Å². The number of nitro groups is 1. The maximum atomic E-state index is 10.6. The molecule has 1 aromatic heterocycles. The fourth-order valence-corrected chi connectivity index (χ4v) is 1.93. The molecule has 1 heterocycles. The van der Waals surface area contributed by atoms with Crippen LogP contribution in [0.4, 0.5) is 11.4 Å². The number of hydrogen-bond acceptors (Lipinski definition) is 5. The van der Waals surface area contributed by atoms with Gasteiger partial charge in [0, 0.05) is 22.8 Å². The van der Waals surface area contributed by atoms with E-state index >= 15 is 0 Å². The van der Waals surface area contributed by atoms with Crippen LogP contribution in [0.15, 0.2) is 34.9 Å². The van der Waals surface area contributed by atoms with Crippen molar-refractivity contribution in [3.63, 3.8) is 0 Å². The number of aromatic nitrogens is 1. The van der Waals surface area contributed by atoms with Gasteiger partial charge >= 0.3 is 0 Å². The second-order valence-electron chi connectivity index (χ2n) is 3.52. The molecule has 0 atom stereocenters. The van der Waals surface area contributed by atoms with Gasteiger partial charge in [0.25, 0.3) is 5.69 Å². The molecule has 1 aromatic carbocycles. The largest absolute Gasteiger partial charge is 0.437 e. The molecular weight excluding hydrogens is 337 g/mol. The van der Waals surface area contributed by atoms with Crippen LogP contribution in [0.25, 0.3) is 0 Å². The molecule has 0 radical (unpaired) electrons. The molecule has 0 saturated carbocycles. The Kier molecular flexibility index (Phi) is 3.87. The predicted octanol–water partition coefficient (Wildman–Crippen LogP) is 3.78. The Bertz CT molecular complexity index is 651. The number of nitrogen functional groups attached to an aromatic ring is 1. The highest BCUT2D eigenvalue weighted by Crippen LogP contribution is 2.32. The Hall–Kier alpha value is -1.86. The molecule has 0 aliphatic heterocycles. The molecule has 2 aromatic rings. The fourth-order valence-electron chi connectivity index (χ4n) is 1.34. The van der Waals surface area contributed by atoms with Gasteiger partial charge in [0.05, 0.1) is 10.6 Å². The Morgan fingerprint density at radius 2 is 2.16 bits per heavy atom. The third-order valence-corrected chi connectivity index (χ3v) is 2.91. The Morgan fingerprint density at radius 1 is 1.42 bits per heavy atom. The van der Waals surface area contributed by atoms with E-state index in [9.17, 15) is 10.1 Å². The Labute approximate surface area is 121 Å². The number of ether oxygens (including phenoxy) is 1. The number of benzene rings is 1. The number of anilines is 1. The van der Waals surface area contributed by atoms with Crippen molar-refractivity contribution in [2.24, 2.45) is 0 Å². The number of nitro benzene ring substituents is 1. The Morgan fingerprint density at radius 3 is 2.74 bits per heavy atom. The lowest BCUT2D eigenvalue weighted by molar-refractivity contribution is -0.384. The van der Waals surface area contributed by atoms with Crippen LogP contribution >= 0.6 is 27.5 Å². The summed E-state index contributed by atoms with van der Waals surface area (Å²) in [5, 5.41) is 10.6. The molecule has 19 heavy (non-hydrogen) atoms. The van der Waals surface area contributed by atoms with Crippen molar-refractivity contribution in [3.05, 3.63) is 50.1 Å². The number of halogens is 2. The first kappa shape index (κ1) is 13.6. The van der Waals surface area contributed by atoms with E-state index in [0.29, 0.717) is 11.4 Å². The average molecular weight is 345 g/mol. The molecule has 0 aliphatic rings. The highest BCUT2D eigenvalue weighted by Gasteiger charge is 2.13. The fraction of sp³-hybridized carbons (Fsp3) is 0. The summed E-state index contributed by atoms with van der Waals surface area (Å²) < 4.78 is 6.14. The number of nitrogens with zero attached hydrogens (tertiary/aromatic N) is 2. The normalized spacial score (nSPS) is 10.2. The number of pyridine rings is 1. The maximum absolute atomic E-state index is 10.6. The molecule has 0 saturated heterocycles. The Balaban J connectivity index is 2.29. The van der Waals surface area contributed by atoms with Crippen molar-refractivity contribution in [1.82, 2.24) is 4.98 Å². The molecule has 6 nitrogen and oxygen atoms in total. The van der Waals surface area contributed by atoms with E-state index in [1.165, 1.54) is 24.4 Å². The molecule has 0 fully saturated rings. The minimum absolute atomic E-state index is 0.0156. The SMILES string of the molecule is Nc1cc(Br)cnc1Oc1ccc([N+](=O)[O-])c(Cl)c1. The lowest BCUT2D eigenvalue weighted by atomic mass is 10.3. The smallest absolute Gasteiger partial charge is 0.288 e. The number of hydrogen-bond donors (Lipinski definition) is 1. The van der Waals surface area contributed by atoms with Gasteiger partial charge in [-0.1, -0.05) is 11.6 Å². The van der Waals surface area contributed by atoms with E-state index in [1.807, 2.05) is 0 Å². The van der Waals surface area contributed by atoms with E-state index in [0.717, 1.165) is 4.47 Å². The minimum Gasteiger partial charge on any atom is -0.437 e. The van der Waals surface area contributed by atoms with E-state index in [-0.39, 0.29) is 16.6 Å². The van der Waals surface area contributed by atoms with E-state index in [4.69, 9.17) is 22.1 Å². The van der Waals surface area contributed by atoms with Crippen LogP contribution in [0.1, 0.15) is 0 Å². The van der Waals surface area contributed by atoms with Crippen LogP contribution in [0, 0.1) is 10.1 Å². The van der Waals surface area contributed by atoms with E-state index in [1.54, 1.807) is 6.07 Å². The predicted molar refractivity (Wildman–Crippen MR) is 74.5 cm³/mol. The van der Waals surface area contributed by atoms with Gasteiger partial charge in [0.2, 0.25) is 5.88 Å². The molecular formula is C11H7BrClN3O3. The first-order valence-electron chi connectivity index (χ1n) is 5.00. The summed E-state index contributed by atoms with van der Waals surface area (Å²) in [5.41, 5.74) is 5.87. The van der Waals surface area contributed by atoms with Crippen molar-refractivity contribution >= 4 is 38.9 Å². The summed E-state index contributed by atoms with van der Waals surface area (Å²) >= 11 is 9.00. The zero-order valence-corrected chi connectivity index (χ0v) is 11.7. The molecule has 0 spiro atoms. The molecule has 2 N–H and O–H groups in total. The summed E-state index contributed by atoms with van der Waals surface area (Å²) in [6.07, 6.45) is 1.53. The van der Waals surface area contributed by atoms with Crippen LogP contribution in [-0.4, -0.2) is 9.91 Å². The zero-order valence-electron chi connectivity index (χ0n) is 9.34. The first-order chi connectivity index (χ1) is 8.97. The van der Waals surface area contributed by atoms with Gasteiger partial charge in [0.15, 0.2) is 0 Å². The highest BCUT2D eigenvalue weighted by atomic mass is 79.9. The van der Waals surface area contributed by atoms with Crippen LogP contribution in [0.2, 0.25) is 5.02 Å². The van der Waals surface area contributed by atoms with Crippen molar-refractivity contribution in [2.45, 2.75) is 0 Å². The van der Waals surface area contributed by atoms with Gasteiger partial charge in [-0.3, -0.25) is 10.1 Å². The lowest BCUT2D eigenvalue weighted by Crippen LogP contribution is -1.95. The van der Waals surface area contributed by atoms with Gasteiger partial charge < -0.3 is 10.5 Å². The van der Waals surface area contributed by atoms with Gasteiger partial charge in [0.1, 0.15) is 10.8 Å². The van der Waals surface area contributed by atoms with Crippen LogP contribution in [0.3, 0.4) is 0 Å². The molecule has 0 amide bonds. The van der Waals surface area contributed by atoms with Crippen LogP contribution in [0.5, 0.6) is 11.6 Å². The van der Waals surface area contributed by atoms with Gasteiger partial charge in [-0.25, -0.2) is 4.98 Å². The van der Waals surface area contributed by atoms with Crippen molar-refractivity contribution in [1.29, 1.82) is 0 Å². The van der Waals surface area contributed by atoms with Crippen molar-refractivity contribution < 1.29 is 9.66 Å². The lowest BCUT2D eigenvalue weighted by Gasteiger charge is -2.07. The van der Waals surface area contributed by atoms with Crippen molar-refractivity contribution in [2.75, 3.05) is 5.73 Å². The molecule has 0 unspecified atom stereocenters.